The monoisotopic (exact) mass is 250 g/mol. The highest BCUT2D eigenvalue weighted by molar-refractivity contribution is 4.99. The molecule has 18 heavy (non-hydrogen) atoms. The van der Waals surface area contributed by atoms with E-state index in [2.05, 4.69) is 33.8 Å². The molecule has 0 aromatic rings. The highest BCUT2D eigenvalue weighted by atomic mass is 14.2. The van der Waals surface area contributed by atoms with Crippen molar-refractivity contribution >= 4 is 0 Å². The lowest BCUT2D eigenvalue weighted by atomic mass is 9.80. The Morgan fingerprint density at radius 3 is 2.78 bits per heavy atom. The van der Waals surface area contributed by atoms with Crippen molar-refractivity contribution in [2.24, 2.45) is 17.8 Å². The third kappa shape index (κ3) is 6.07. The van der Waals surface area contributed by atoms with Crippen LogP contribution in [-0.4, -0.2) is 0 Å². The second kappa shape index (κ2) is 8.77. The molecular weight excluding hydrogens is 216 g/mol. The first-order chi connectivity index (χ1) is 8.63. The first-order valence-corrected chi connectivity index (χ1v) is 8.29. The molecule has 3 atom stereocenters. The minimum atomic E-state index is 0.940. The largest absolute Gasteiger partial charge is 0.0856 e. The Labute approximate surface area is 115 Å². The predicted octanol–water partition coefficient (Wildman–Crippen LogP) is 6.37. The van der Waals surface area contributed by atoms with E-state index in [-0.39, 0.29) is 0 Å². The fourth-order valence-corrected chi connectivity index (χ4v) is 3.42. The minimum Gasteiger partial charge on any atom is -0.0856 e. The topological polar surface area (TPSA) is 0 Å². The Kier molecular flexibility index (Phi) is 7.70. The van der Waals surface area contributed by atoms with E-state index in [1.54, 1.807) is 5.57 Å². The quantitative estimate of drug-likeness (QED) is 0.481. The zero-order valence-corrected chi connectivity index (χ0v) is 13.2. The van der Waals surface area contributed by atoms with Gasteiger partial charge in [0, 0.05) is 0 Å². The van der Waals surface area contributed by atoms with Gasteiger partial charge in [0.1, 0.15) is 0 Å². The summed E-state index contributed by atoms with van der Waals surface area (Å²) in [4.78, 5) is 0. The zero-order chi connectivity index (χ0) is 13.4. The van der Waals surface area contributed by atoms with Gasteiger partial charge < -0.3 is 0 Å². The van der Waals surface area contributed by atoms with E-state index < -0.39 is 0 Å². The van der Waals surface area contributed by atoms with Gasteiger partial charge in [-0.15, -0.1) is 0 Å². The van der Waals surface area contributed by atoms with Gasteiger partial charge in [0.15, 0.2) is 0 Å². The molecule has 0 amide bonds. The second-order valence-corrected chi connectivity index (χ2v) is 6.73. The standard InChI is InChI=1S/C18H34/c1-5-8-15(2)9-6-11-18-12-7-10-16(3)13-14-17(18)4/h10,15,17-18H,5-9,11-14H2,1-4H3. The maximum Gasteiger partial charge on any atom is -0.0320 e. The van der Waals surface area contributed by atoms with Crippen LogP contribution in [0.5, 0.6) is 0 Å². The molecule has 1 aliphatic carbocycles. The molecule has 0 radical (unpaired) electrons. The van der Waals surface area contributed by atoms with Gasteiger partial charge in [-0.1, -0.05) is 64.5 Å². The lowest BCUT2D eigenvalue weighted by Crippen LogP contribution is -2.14. The van der Waals surface area contributed by atoms with Crippen molar-refractivity contribution in [2.75, 3.05) is 0 Å². The third-order valence-electron chi connectivity index (χ3n) is 4.88. The van der Waals surface area contributed by atoms with Crippen molar-refractivity contribution in [1.82, 2.24) is 0 Å². The Hall–Kier alpha value is -0.260. The van der Waals surface area contributed by atoms with Gasteiger partial charge in [-0.05, 0) is 50.4 Å². The van der Waals surface area contributed by atoms with E-state index in [0.717, 1.165) is 17.8 Å². The molecule has 1 rings (SSSR count). The molecule has 0 nitrogen and oxygen atoms in total. The number of rotatable bonds is 6. The van der Waals surface area contributed by atoms with Crippen molar-refractivity contribution < 1.29 is 0 Å². The van der Waals surface area contributed by atoms with Crippen LogP contribution in [0.25, 0.3) is 0 Å². The number of allylic oxidation sites excluding steroid dienone is 2. The highest BCUT2D eigenvalue weighted by Crippen LogP contribution is 2.31. The van der Waals surface area contributed by atoms with Crippen molar-refractivity contribution in [3.05, 3.63) is 11.6 Å². The molecule has 0 spiro atoms. The van der Waals surface area contributed by atoms with Crippen LogP contribution >= 0.6 is 0 Å². The summed E-state index contributed by atoms with van der Waals surface area (Å²) in [6.45, 7) is 9.53. The molecule has 106 valence electrons. The molecule has 0 aromatic heterocycles. The fraction of sp³-hybridized carbons (Fsp3) is 0.889. The van der Waals surface area contributed by atoms with Crippen LogP contribution in [0.2, 0.25) is 0 Å². The van der Waals surface area contributed by atoms with Crippen LogP contribution in [0.4, 0.5) is 0 Å². The Bertz CT molecular complexity index is 238. The molecule has 0 saturated carbocycles. The molecule has 0 heteroatoms. The van der Waals surface area contributed by atoms with Crippen LogP contribution in [0, 0.1) is 17.8 Å². The Morgan fingerprint density at radius 2 is 2.06 bits per heavy atom. The molecular formula is C18H34. The molecule has 0 fully saturated rings. The smallest absolute Gasteiger partial charge is 0.0320 e. The van der Waals surface area contributed by atoms with E-state index in [0.29, 0.717) is 0 Å². The normalized spacial score (nSPS) is 27.2. The maximum atomic E-state index is 2.48. The van der Waals surface area contributed by atoms with Gasteiger partial charge in [-0.3, -0.25) is 0 Å². The minimum absolute atomic E-state index is 0.940. The van der Waals surface area contributed by atoms with Crippen LogP contribution in [0.1, 0.15) is 85.5 Å². The van der Waals surface area contributed by atoms with Crippen LogP contribution in [0.15, 0.2) is 11.6 Å². The summed E-state index contributed by atoms with van der Waals surface area (Å²) in [6, 6.07) is 0. The summed E-state index contributed by atoms with van der Waals surface area (Å²) >= 11 is 0. The van der Waals surface area contributed by atoms with Crippen molar-refractivity contribution in [2.45, 2.75) is 85.5 Å². The summed E-state index contributed by atoms with van der Waals surface area (Å²) in [6.07, 6.45) is 15.1. The molecule has 0 N–H and O–H groups in total. The summed E-state index contributed by atoms with van der Waals surface area (Å²) in [5.74, 6) is 2.87. The van der Waals surface area contributed by atoms with Crippen LogP contribution in [0.3, 0.4) is 0 Å². The summed E-state index contributed by atoms with van der Waals surface area (Å²) in [7, 11) is 0. The first kappa shape index (κ1) is 15.8. The predicted molar refractivity (Wildman–Crippen MR) is 82.8 cm³/mol. The van der Waals surface area contributed by atoms with Crippen molar-refractivity contribution in [1.29, 1.82) is 0 Å². The number of hydrogen-bond acceptors (Lipinski definition) is 0. The van der Waals surface area contributed by atoms with Crippen molar-refractivity contribution in [3.63, 3.8) is 0 Å². The molecule has 3 unspecified atom stereocenters. The number of hydrogen-bond donors (Lipinski definition) is 0. The fourth-order valence-electron chi connectivity index (χ4n) is 3.42. The Morgan fingerprint density at radius 1 is 1.28 bits per heavy atom. The third-order valence-corrected chi connectivity index (χ3v) is 4.88. The van der Waals surface area contributed by atoms with E-state index in [1.165, 1.54) is 57.8 Å². The molecule has 0 aliphatic heterocycles. The van der Waals surface area contributed by atoms with E-state index in [1.807, 2.05) is 0 Å². The summed E-state index contributed by atoms with van der Waals surface area (Å²) < 4.78 is 0. The highest BCUT2D eigenvalue weighted by Gasteiger charge is 2.18. The molecule has 0 heterocycles. The molecule has 0 aromatic carbocycles. The SMILES string of the molecule is CCCC(C)CCCC1CCC=C(C)CCC1C. The van der Waals surface area contributed by atoms with Gasteiger partial charge >= 0.3 is 0 Å². The van der Waals surface area contributed by atoms with E-state index in [4.69, 9.17) is 0 Å². The summed E-state index contributed by atoms with van der Waals surface area (Å²) in [5, 5.41) is 0. The second-order valence-electron chi connectivity index (χ2n) is 6.73. The molecule has 0 saturated heterocycles. The molecule has 0 bridgehead atoms. The van der Waals surface area contributed by atoms with Crippen molar-refractivity contribution in [3.8, 4) is 0 Å². The van der Waals surface area contributed by atoms with Crippen LogP contribution in [-0.2, 0) is 0 Å². The molecule has 1 aliphatic rings. The maximum absolute atomic E-state index is 2.48. The van der Waals surface area contributed by atoms with Gasteiger partial charge in [0.2, 0.25) is 0 Å². The lowest BCUT2D eigenvalue weighted by molar-refractivity contribution is 0.280. The average Bonchev–Trinajstić information content (AvgIpc) is 2.33. The van der Waals surface area contributed by atoms with Gasteiger partial charge in [-0.2, -0.15) is 0 Å². The first-order valence-electron chi connectivity index (χ1n) is 8.29. The van der Waals surface area contributed by atoms with Crippen LogP contribution < -0.4 is 0 Å². The van der Waals surface area contributed by atoms with Gasteiger partial charge in [0.05, 0.1) is 0 Å². The van der Waals surface area contributed by atoms with E-state index in [9.17, 15) is 0 Å². The zero-order valence-electron chi connectivity index (χ0n) is 13.2. The average molecular weight is 250 g/mol. The van der Waals surface area contributed by atoms with Gasteiger partial charge in [0.25, 0.3) is 0 Å². The summed E-state index contributed by atoms with van der Waals surface area (Å²) in [5.41, 5.74) is 1.62. The Balaban J connectivity index is 2.27. The lowest BCUT2D eigenvalue weighted by Gasteiger charge is -2.26. The van der Waals surface area contributed by atoms with Gasteiger partial charge in [-0.25, -0.2) is 0 Å². The van der Waals surface area contributed by atoms with E-state index >= 15 is 0 Å².